The van der Waals surface area contributed by atoms with Crippen molar-refractivity contribution in [3.05, 3.63) is 57.6 Å². The Morgan fingerprint density at radius 3 is 2.31 bits per heavy atom. The standard InChI is InChI=1S/C12H10Cl2N2/c1-8-4-2-3-5-9(8)6-12-15-10(13)7-11(14)16-12/h2-5,7H,6H2,1H3. The molecule has 82 valence electrons. The minimum absolute atomic E-state index is 0.378. The highest BCUT2D eigenvalue weighted by molar-refractivity contribution is 6.33. The van der Waals surface area contributed by atoms with E-state index in [0.29, 0.717) is 22.6 Å². The number of aryl methyl sites for hydroxylation is 1. The molecule has 2 aromatic rings. The summed E-state index contributed by atoms with van der Waals surface area (Å²) in [5.41, 5.74) is 2.39. The molecule has 1 heterocycles. The van der Waals surface area contributed by atoms with Gasteiger partial charge in [-0.3, -0.25) is 0 Å². The fraction of sp³-hybridized carbons (Fsp3) is 0.167. The molecule has 0 amide bonds. The smallest absolute Gasteiger partial charge is 0.136 e. The number of halogens is 2. The van der Waals surface area contributed by atoms with Crippen molar-refractivity contribution in [3.8, 4) is 0 Å². The Hall–Kier alpha value is -1.12. The number of rotatable bonds is 2. The molecule has 0 bridgehead atoms. The molecule has 0 fully saturated rings. The first-order valence-corrected chi connectivity index (χ1v) is 5.64. The Morgan fingerprint density at radius 2 is 1.69 bits per heavy atom. The molecule has 0 aliphatic rings. The molecule has 16 heavy (non-hydrogen) atoms. The third-order valence-corrected chi connectivity index (χ3v) is 2.71. The lowest BCUT2D eigenvalue weighted by molar-refractivity contribution is 0.961. The zero-order valence-electron chi connectivity index (χ0n) is 8.74. The Labute approximate surface area is 104 Å². The van der Waals surface area contributed by atoms with Gasteiger partial charge < -0.3 is 0 Å². The molecule has 4 heteroatoms. The average molecular weight is 253 g/mol. The van der Waals surface area contributed by atoms with Crippen molar-refractivity contribution in [2.75, 3.05) is 0 Å². The molecule has 0 atom stereocenters. The summed E-state index contributed by atoms with van der Waals surface area (Å²) in [5.74, 6) is 0.645. The van der Waals surface area contributed by atoms with Gasteiger partial charge in [-0.1, -0.05) is 47.5 Å². The van der Waals surface area contributed by atoms with Crippen LogP contribution in [0.25, 0.3) is 0 Å². The van der Waals surface area contributed by atoms with E-state index in [2.05, 4.69) is 23.0 Å². The van der Waals surface area contributed by atoms with Gasteiger partial charge in [0.15, 0.2) is 0 Å². The number of nitrogens with zero attached hydrogens (tertiary/aromatic N) is 2. The molecular weight excluding hydrogens is 243 g/mol. The monoisotopic (exact) mass is 252 g/mol. The van der Waals surface area contributed by atoms with Crippen molar-refractivity contribution in [1.82, 2.24) is 9.97 Å². The Kier molecular flexibility index (Phi) is 3.42. The fourth-order valence-corrected chi connectivity index (χ4v) is 1.95. The van der Waals surface area contributed by atoms with E-state index in [-0.39, 0.29) is 0 Å². The molecule has 0 radical (unpaired) electrons. The van der Waals surface area contributed by atoms with Gasteiger partial charge in [-0.05, 0) is 18.1 Å². The highest BCUT2D eigenvalue weighted by atomic mass is 35.5. The largest absolute Gasteiger partial charge is 0.221 e. The maximum atomic E-state index is 5.82. The topological polar surface area (TPSA) is 25.8 Å². The minimum Gasteiger partial charge on any atom is -0.221 e. The molecule has 0 aliphatic carbocycles. The lowest BCUT2D eigenvalue weighted by atomic mass is 10.1. The Bertz CT molecular complexity index is 492. The normalized spacial score (nSPS) is 10.4. The van der Waals surface area contributed by atoms with Gasteiger partial charge in [-0.15, -0.1) is 0 Å². The quantitative estimate of drug-likeness (QED) is 0.763. The van der Waals surface area contributed by atoms with E-state index in [9.17, 15) is 0 Å². The maximum absolute atomic E-state index is 5.82. The summed E-state index contributed by atoms with van der Waals surface area (Å²) in [5, 5.41) is 0.757. The maximum Gasteiger partial charge on any atom is 0.136 e. The summed E-state index contributed by atoms with van der Waals surface area (Å²) < 4.78 is 0. The second kappa shape index (κ2) is 4.81. The molecule has 0 N–H and O–H groups in total. The summed E-state index contributed by atoms with van der Waals surface area (Å²) in [7, 11) is 0. The van der Waals surface area contributed by atoms with Gasteiger partial charge in [0, 0.05) is 12.5 Å². The number of aromatic nitrogens is 2. The Morgan fingerprint density at radius 1 is 1.06 bits per heavy atom. The van der Waals surface area contributed by atoms with E-state index in [0.717, 1.165) is 0 Å². The fourth-order valence-electron chi connectivity index (χ4n) is 1.49. The number of hydrogen-bond acceptors (Lipinski definition) is 2. The van der Waals surface area contributed by atoms with Gasteiger partial charge >= 0.3 is 0 Å². The van der Waals surface area contributed by atoms with Gasteiger partial charge in [0.1, 0.15) is 16.1 Å². The third kappa shape index (κ3) is 2.71. The molecule has 1 aromatic heterocycles. The van der Waals surface area contributed by atoms with Gasteiger partial charge in [0.25, 0.3) is 0 Å². The molecular formula is C12H10Cl2N2. The van der Waals surface area contributed by atoms with Crippen molar-refractivity contribution < 1.29 is 0 Å². The summed E-state index contributed by atoms with van der Waals surface area (Å²) in [6.07, 6.45) is 0.646. The van der Waals surface area contributed by atoms with Crippen LogP contribution in [0.15, 0.2) is 30.3 Å². The average Bonchev–Trinajstić information content (AvgIpc) is 2.20. The van der Waals surface area contributed by atoms with E-state index >= 15 is 0 Å². The van der Waals surface area contributed by atoms with E-state index in [1.165, 1.54) is 17.2 Å². The number of benzene rings is 1. The lowest BCUT2D eigenvalue weighted by Crippen LogP contribution is -1.98. The van der Waals surface area contributed by atoms with E-state index in [1.807, 2.05) is 18.2 Å². The first-order valence-electron chi connectivity index (χ1n) is 4.88. The van der Waals surface area contributed by atoms with Crippen molar-refractivity contribution in [3.63, 3.8) is 0 Å². The predicted molar refractivity (Wildman–Crippen MR) is 66.0 cm³/mol. The van der Waals surface area contributed by atoms with Crippen LogP contribution in [-0.2, 0) is 6.42 Å². The molecule has 2 rings (SSSR count). The van der Waals surface area contributed by atoms with Crippen molar-refractivity contribution >= 4 is 23.2 Å². The SMILES string of the molecule is Cc1ccccc1Cc1nc(Cl)cc(Cl)n1. The molecule has 0 spiro atoms. The zero-order chi connectivity index (χ0) is 11.5. The minimum atomic E-state index is 0.378. The van der Waals surface area contributed by atoms with Gasteiger partial charge in [-0.25, -0.2) is 9.97 Å². The van der Waals surface area contributed by atoms with Crippen molar-refractivity contribution in [1.29, 1.82) is 0 Å². The second-order valence-electron chi connectivity index (χ2n) is 3.53. The van der Waals surface area contributed by atoms with E-state index < -0.39 is 0 Å². The van der Waals surface area contributed by atoms with Crippen LogP contribution in [0.4, 0.5) is 0 Å². The van der Waals surface area contributed by atoms with E-state index in [4.69, 9.17) is 23.2 Å². The van der Waals surface area contributed by atoms with Crippen LogP contribution in [0, 0.1) is 6.92 Å². The molecule has 0 saturated carbocycles. The third-order valence-electron chi connectivity index (χ3n) is 2.32. The molecule has 2 nitrogen and oxygen atoms in total. The van der Waals surface area contributed by atoms with Crippen LogP contribution in [-0.4, -0.2) is 9.97 Å². The van der Waals surface area contributed by atoms with Crippen LogP contribution >= 0.6 is 23.2 Å². The highest BCUT2D eigenvalue weighted by Crippen LogP contribution is 2.15. The van der Waals surface area contributed by atoms with Gasteiger partial charge in [0.2, 0.25) is 0 Å². The van der Waals surface area contributed by atoms with Crippen LogP contribution in [0.1, 0.15) is 17.0 Å². The van der Waals surface area contributed by atoms with Crippen LogP contribution < -0.4 is 0 Å². The Balaban J connectivity index is 2.30. The summed E-state index contributed by atoms with van der Waals surface area (Å²) in [6, 6.07) is 9.64. The highest BCUT2D eigenvalue weighted by Gasteiger charge is 2.04. The molecule has 0 unspecified atom stereocenters. The summed E-state index contributed by atoms with van der Waals surface area (Å²) >= 11 is 11.6. The van der Waals surface area contributed by atoms with Crippen molar-refractivity contribution in [2.45, 2.75) is 13.3 Å². The predicted octanol–water partition coefficient (Wildman–Crippen LogP) is 3.68. The van der Waals surface area contributed by atoms with Crippen LogP contribution in [0.5, 0.6) is 0 Å². The number of hydrogen-bond donors (Lipinski definition) is 0. The second-order valence-corrected chi connectivity index (χ2v) is 4.31. The van der Waals surface area contributed by atoms with Crippen LogP contribution in [0.2, 0.25) is 10.3 Å². The first kappa shape index (κ1) is 11.4. The summed E-state index contributed by atoms with van der Waals surface area (Å²) in [4.78, 5) is 8.28. The molecule has 0 aliphatic heterocycles. The van der Waals surface area contributed by atoms with Crippen LogP contribution in [0.3, 0.4) is 0 Å². The summed E-state index contributed by atoms with van der Waals surface area (Å²) in [6.45, 7) is 2.06. The van der Waals surface area contributed by atoms with Crippen molar-refractivity contribution in [2.24, 2.45) is 0 Å². The van der Waals surface area contributed by atoms with E-state index in [1.54, 1.807) is 0 Å². The van der Waals surface area contributed by atoms with Gasteiger partial charge in [0.05, 0.1) is 0 Å². The first-order chi connectivity index (χ1) is 7.65. The zero-order valence-corrected chi connectivity index (χ0v) is 10.3. The molecule has 1 aromatic carbocycles. The lowest BCUT2D eigenvalue weighted by Gasteiger charge is -2.04. The van der Waals surface area contributed by atoms with Gasteiger partial charge in [-0.2, -0.15) is 0 Å². The molecule has 0 saturated heterocycles.